The molecule has 0 spiro atoms. The van der Waals surface area contributed by atoms with Gasteiger partial charge in [0.1, 0.15) is 0 Å². The van der Waals surface area contributed by atoms with E-state index in [-0.39, 0.29) is 35.8 Å². The number of nitrogens with zero attached hydrogens (tertiary/aromatic N) is 2. The molecule has 0 unspecified atom stereocenters. The zero-order chi connectivity index (χ0) is 22.9. The van der Waals surface area contributed by atoms with Crippen LogP contribution in [0.4, 0.5) is 8.78 Å². The minimum atomic E-state index is -0.812. The number of hydrogen-bond acceptors (Lipinski definition) is 4. The van der Waals surface area contributed by atoms with Gasteiger partial charge in [0.05, 0.1) is 13.2 Å². The van der Waals surface area contributed by atoms with Crippen LogP contribution < -0.4 is 15.4 Å². The van der Waals surface area contributed by atoms with E-state index in [2.05, 4.69) is 20.5 Å². The number of halogens is 3. The van der Waals surface area contributed by atoms with E-state index >= 15 is 0 Å². The summed E-state index contributed by atoms with van der Waals surface area (Å²) in [6.07, 6.45) is 1.86. The summed E-state index contributed by atoms with van der Waals surface area (Å²) in [5.74, 6) is -0.273. The second-order valence-electron chi connectivity index (χ2n) is 7.87. The van der Waals surface area contributed by atoms with E-state index < -0.39 is 11.6 Å². The smallest absolute Gasteiger partial charge is 0.191 e. The fourth-order valence-electron chi connectivity index (χ4n) is 3.74. The zero-order valence-corrected chi connectivity index (χ0v) is 21.4. The Morgan fingerprint density at radius 2 is 1.82 bits per heavy atom. The lowest BCUT2D eigenvalue weighted by atomic mass is 10.0. The maximum atomic E-state index is 13.4. The van der Waals surface area contributed by atoms with E-state index in [0.717, 1.165) is 49.6 Å². The fraction of sp³-hybridized carbons (Fsp3) is 0.458. The number of aliphatic imine (C=N–C) groups is 1. The van der Waals surface area contributed by atoms with Crippen molar-refractivity contribution in [3.05, 3.63) is 59.2 Å². The number of nitrogens with one attached hydrogen (secondary N) is 2. The third-order valence-electron chi connectivity index (χ3n) is 5.41. The molecule has 0 bridgehead atoms. The Labute approximate surface area is 211 Å². The zero-order valence-electron chi connectivity index (χ0n) is 19.1. The van der Waals surface area contributed by atoms with E-state index in [1.807, 2.05) is 26.0 Å². The second-order valence-corrected chi connectivity index (χ2v) is 7.87. The maximum absolute atomic E-state index is 13.4. The van der Waals surface area contributed by atoms with Crippen LogP contribution in [0.15, 0.2) is 41.4 Å². The number of hydrogen-bond donors (Lipinski definition) is 3. The summed E-state index contributed by atoms with van der Waals surface area (Å²) >= 11 is 0. The molecule has 2 aromatic rings. The number of phenols is 1. The van der Waals surface area contributed by atoms with Crippen molar-refractivity contribution >= 4 is 29.9 Å². The van der Waals surface area contributed by atoms with E-state index in [1.54, 1.807) is 12.1 Å². The minimum absolute atomic E-state index is 0. The molecule has 3 N–H and O–H groups in total. The summed E-state index contributed by atoms with van der Waals surface area (Å²) in [4.78, 5) is 6.93. The molecule has 33 heavy (non-hydrogen) atoms. The molecule has 0 aromatic heterocycles. The first-order valence-corrected chi connectivity index (χ1v) is 11.1. The molecule has 3 rings (SSSR count). The Hall–Kier alpha value is -2.14. The summed E-state index contributed by atoms with van der Waals surface area (Å²) in [6.45, 7) is 7.94. The lowest BCUT2D eigenvalue weighted by Crippen LogP contribution is -2.48. The van der Waals surface area contributed by atoms with Crippen molar-refractivity contribution in [1.29, 1.82) is 0 Å². The van der Waals surface area contributed by atoms with E-state index in [9.17, 15) is 13.9 Å². The van der Waals surface area contributed by atoms with Crippen LogP contribution in [0.25, 0.3) is 0 Å². The molecular weight excluding hydrogens is 541 g/mol. The Morgan fingerprint density at radius 3 is 2.48 bits per heavy atom. The molecule has 0 amide bonds. The number of rotatable bonds is 8. The molecule has 1 saturated heterocycles. The lowest BCUT2D eigenvalue weighted by Gasteiger charge is -2.33. The van der Waals surface area contributed by atoms with Gasteiger partial charge in [-0.05, 0) is 62.1 Å². The van der Waals surface area contributed by atoms with Crippen LogP contribution in [0.1, 0.15) is 37.8 Å². The number of guanidine groups is 1. The van der Waals surface area contributed by atoms with Crippen LogP contribution >= 0.6 is 24.0 Å². The van der Waals surface area contributed by atoms with E-state index in [4.69, 9.17) is 4.74 Å². The van der Waals surface area contributed by atoms with Crippen molar-refractivity contribution in [2.75, 3.05) is 26.2 Å². The van der Waals surface area contributed by atoms with Crippen molar-refractivity contribution in [3.8, 4) is 11.5 Å². The monoisotopic (exact) mass is 574 g/mol. The van der Waals surface area contributed by atoms with Gasteiger partial charge in [-0.25, -0.2) is 13.8 Å². The van der Waals surface area contributed by atoms with Crippen molar-refractivity contribution in [3.63, 3.8) is 0 Å². The molecule has 0 atom stereocenters. The summed E-state index contributed by atoms with van der Waals surface area (Å²) in [6, 6.07) is 9.65. The largest absolute Gasteiger partial charge is 0.504 e. The molecule has 0 aliphatic carbocycles. The predicted octanol–water partition coefficient (Wildman–Crippen LogP) is 4.41. The number of phenolic OH excluding ortho intramolecular Hbond substituents is 1. The van der Waals surface area contributed by atoms with Gasteiger partial charge in [0, 0.05) is 32.2 Å². The second kappa shape index (κ2) is 13.5. The van der Waals surface area contributed by atoms with E-state index in [0.29, 0.717) is 25.4 Å². The molecule has 9 heteroatoms. The Bertz CT molecular complexity index is 921. The van der Waals surface area contributed by atoms with Crippen molar-refractivity contribution < 1.29 is 18.6 Å². The molecule has 1 aliphatic rings. The molecule has 1 fully saturated rings. The summed E-state index contributed by atoms with van der Waals surface area (Å²) in [7, 11) is 0. The molecular formula is C24H33F2IN4O2. The van der Waals surface area contributed by atoms with Gasteiger partial charge < -0.3 is 20.5 Å². The number of piperidine rings is 1. The molecule has 1 heterocycles. The van der Waals surface area contributed by atoms with Gasteiger partial charge in [-0.3, -0.25) is 4.90 Å². The standard InChI is InChI=1S/C24H32F2N4O2.HI/c1-3-27-24(28-15-17-6-8-22(31)23(14-17)32-4-2)29-19-9-11-30(12-10-19)16-18-5-7-20(25)21(26)13-18;/h5-8,13-14,19,31H,3-4,9-12,15-16H2,1-2H3,(H2,27,28,29);1H. The van der Waals surface area contributed by atoms with Crippen LogP contribution in [0.2, 0.25) is 0 Å². The third-order valence-corrected chi connectivity index (χ3v) is 5.41. The Kier molecular flexibility index (Phi) is 11.1. The molecule has 6 nitrogen and oxygen atoms in total. The Balaban J connectivity index is 0.00000385. The van der Waals surface area contributed by atoms with Gasteiger partial charge in [-0.1, -0.05) is 12.1 Å². The highest BCUT2D eigenvalue weighted by Crippen LogP contribution is 2.27. The van der Waals surface area contributed by atoms with Crippen molar-refractivity contribution in [2.24, 2.45) is 4.99 Å². The first-order valence-electron chi connectivity index (χ1n) is 11.1. The lowest BCUT2D eigenvalue weighted by molar-refractivity contribution is 0.198. The van der Waals surface area contributed by atoms with Gasteiger partial charge in [0.15, 0.2) is 29.1 Å². The number of likely N-dealkylation sites (tertiary alicyclic amines) is 1. The topological polar surface area (TPSA) is 69.1 Å². The maximum Gasteiger partial charge on any atom is 0.191 e. The molecule has 182 valence electrons. The average molecular weight is 574 g/mol. The molecule has 0 radical (unpaired) electrons. The highest BCUT2D eigenvalue weighted by atomic mass is 127. The highest BCUT2D eigenvalue weighted by Gasteiger charge is 2.20. The van der Waals surface area contributed by atoms with Gasteiger partial charge in [-0.2, -0.15) is 0 Å². The van der Waals surface area contributed by atoms with Gasteiger partial charge in [-0.15, -0.1) is 24.0 Å². The van der Waals surface area contributed by atoms with Gasteiger partial charge >= 0.3 is 0 Å². The Morgan fingerprint density at radius 1 is 1.09 bits per heavy atom. The molecule has 0 saturated carbocycles. The molecule has 2 aromatic carbocycles. The summed E-state index contributed by atoms with van der Waals surface area (Å²) in [5, 5.41) is 16.6. The fourth-order valence-corrected chi connectivity index (χ4v) is 3.74. The van der Waals surface area contributed by atoms with Crippen LogP contribution in [-0.2, 0) is 13.1 Å². The first kappa shape index (κ1) is 27.1. The normalized spacial score (nSPS) is 15.1. The quantitative estimate of drug-likeness (QED) is 0.248. The molecule has 1 aliphatic heterocycles. The average Bonchev–Trinajstić information content (AvgIpc) is 2.78. The van der Waals surface area contributed by atoms with Crippen LogP contribution in [0, 0.1) is 11.6 Å². The van der Waals surface area contributed by atoms with Crippen molar-refractivity contribution in [2.45, 2.75) is 45.8 Å². The highest BCUT2D eigenvalue weighted by molar-refractivity contribution is 14.0. The van der Waals surface area contributed by atoms with Gasteiger partial charge in [0.25, 0.3) is 0 Å². The van der Waals surface area contributed by atoms with Gasteiger partial charge in [0.2, 0.25) is 0 Å². The van der Waals surface area contributed by atoms with Crippen molar-refractivity contribution in [1.82, 2.24) is 15.5 Å². The SMILES string of the molecule is CCNC(=NCc1ccc(O)c(OCC)c1)NC1CCN(Cc2ccc(F)c(F)c2)CC1.I. The summed E-state index contributed by atoms with van der Waals surface area (Å²) < 4.78 is 32.0. The van der Waals surface area contributed by atoms with Crippen LogP contribution in [-0.4, -0.2) is 48.2 Å². The van der Waals surface area contributed by atoms with Crippen LogP contribution in [0.3, 0.4) is 0 Å². The predicted molar refractivity (Wildman–Crippen MR) is 137 cm³/mol. The van der Waals surface area contributed by atoms with Crippen LogP contribution in [0.5, 0.6) is 11.5 Å². The number of ether oxygens (including phenoxy) is 1. The third kappa shape index (κ3) is 8.29. The number of benzene rings is 2. The van der Waals surface area contributed by atoms with E-state index in [1.165, 1.54) is 12.1 Å². The first-order chi connectivity index (χ1) is 15.5. The summed E-state index contributed by atoms with van der Waals surface area (Å²) in [5.41, 5.74) is 1.73. The number of aromatic hydroxyl groups is 1. The minimum Gasteiger partial charge on any atom is -0.504 e.